The number of rotatable bonds is 2. The lowest BCUT2D eigenvalue weighted by atomic mass is 10.0. The molecule has 1 aromatic rings. The van der Waals surface area contributed by atoms with Crippen LogP contribution in [-0.2, 0) is 6.54 Å². The number of nitrogens with zero attached hydrogens (tertiary/aromatic N) is 1. The Kier molecular flexibility index (Phi) is 3.80. The predicted octanol–water partition coefficient (Wildman–Crippen LogP) is 3.07. The van der Waals surface area contributed by atoms with Gasteiger partial charge >= 0.3 is 6.18 Å². The fourth-order valence-corrected chi connectivity index (χ4v) is 2.44. The summed E-state index contributed by atoms with van der Waals surface area (Å²) < 4.78 is 39.0. The van der Waals surface area contributed by atoms with E-state index in [0.29, 0.717) is 25.2 Å². The van der Waals surface area contributed by atoms with Gasteiger partial charge in [0.05, 0.1) is 0 Å². The largest absolute Gasteiger partial charge is 0.408 e. The molecule has 2 N–H and O–H groups in total. The van der Waals surface area contributed by atoms with E-state index in [1.54, 1.807) is 18.2 Å². The van der Waals surface area contributed by atoms with E-state index in [1.165, 1.54) is 4.90 Å². The highest BCUT2D eigenvalue weighted by molar-refractivity contribution is 5.50. The molecular formula is C13H17F3N2. The summed E-state index contributed by atoms with van der Waals surface area (Å²) in [4.78, 5) is 1.46. The summed E-state index contributed by atoms with van der Waals surface area (Å²) in [7, 11) is 0. The zero-order valence-corrected chi connectivity index (χ0v) is 10.1. The van der Waals surface area contributed by atoms with Gasteiger partial charge < -0.3 is 10.6 Å². The first kappa shape index (κ1) is 13.2. The fraction of sp³-hybridized carbons (Fsp3) is 0.538. The summed E-state index contributed by atoms with van der Waals surface area (Å²) in [6.45, 7) is 0.802. The molecule has 0 radical (unpaired) electrons. The third-order valence-electron chi connectivity index (χ3n) is 3.36. The van der Waals surface area contributed by atoms with Crippen molar-refractivity contribution < 1.29 is 13.2 Å². The van der Waals surface area contributed by atoms with Crippen molar-refractivity contribution in [3.05, 3.63) is 29.8 Å². The maximum absolute atomic E-state index is 13.0. The van der Waals surface area contributed by atoms with Gasteiger partial charge in [-0.05, 0) is 37.0 Å². The summed E-state index contributed by atoms with van der Waals surface area (Å²) in [5.74, 6) is 0. The average Bonchev–Trinajstić information content (AvgIpc) is 2.38. The Bertz CT molecular complexity index is 403. The Balaban J connectivity index is 2.28. The lowest BCUT2D eigenvalue weighted by Crippen LogP contribution is -2.48. The van der Waals surface area contributed by atoms with E-state index in [2.05, 4.69) is 0 Å². The molecule has 0 aliphatic carbocycles. The summed E-state index contributed by atoms with van der Waals surface area (Å²) in [5, 5.41) is 0. The zero-order valence-electron chi connectivity index (χ0n) is 10.1. The molecule has 0 amide bonds. The van der Waals surface area contributed by atoms with E-state index >= 15 is 0 Å². The molecule has 1 saturated heterocycles. The molecule has 1 unspecified atom stereocenters. The van der Waals surface area contributed by atoms with E-state index in [4.69, 9.17) is 5.73 Å². The monoisotopic (exact) mass is 258 g/mol. The van der Waals surface area contributed by atoms with E-state index < -0.39 is 12.2 Å². The molecule has 1 fully saturated rings. The van der Waals surface area contributed by atoms with Gasteiger partial charge in [0, 0.05) is 18.8 Å². The molecule has 100 valence electrons. The Morgan fingerprint density at radius 3 is 2.72 bits per heavy atom. The van der Waals surface area contributed by atoms with Crippen molar-refractivity contribution in [1.29, 1.82) is 0 Å². The molecule has 1 aliphatic heterocycles. The quantitative estimate of drug-likeness (QED) is 0.883. The van der Waals surface area contributed by atoms with E-state index in [0.717, 1.165) is 12.0 Å². The van der Waals surface area contributed by atoms with E-state index in [-0.39, 0.29) is 6.42 Å². The highest BCUT2D eigenvalue weighted by Gasteiger charge is 2.44. The number of halogens is 3. The molecule has 0 spiro atoms. The van der Waals surface area contributed by atoms with Crippen molar-refractivity contribution in [2.45, 2.75) is 38.0 Å². The number of alkyl halides is 3. The van der Waals surface area contributed by atoms with Crippen LogP contribution in [0.3, 0.4) is 0 Å². The van der Waals surface area contributed by atoms with Gasteiger partial charge in [-0.25, -0.2) is 0 Å². The van der Waals surface area contributed by atoms with Gasteiger partial charge in [-0.2, -0.15) is 13.2 Å². The molecule has 2 nitrogen and oxygen atoms in total. The van der Waals surface area contributed by atoms with Gasteiger partial charge in [0.1, 0.15) is 6.04 Å². The minimum atomic E-state index is -4.17. The van der Waals surface area contributed by atoms with Gasteiger partial charge in [-0.3, -0.25) is 0 Å². The maximum Gasteiger partial charge on any atom is 0.408 e. The second kappa shape index (κ2) is 5.18. The normalized spacial score (nSPS) is 21.1. The molecule has 0 saturated carbocycles. The topological polar surface area (TPSA) is 29.3 Å². The summed E-state index contributed by atoms with van der Waals surface area (Å²) in [6.07, 6.45) is -2.55. The van der Waals surface area contributed by atoms with Crippen molar-refractivity contribution in [3.63, 3.8) is 0 Å². The first-order valence-electron chi connectivity index (χ1n) is 6.15. The minimum absolute atomic E-state index is 0.177. The predicted molar refractivity (Wildman–Crippen MR) is 65.4 cm³/mol. The highest BCUT2D eigenvalue weighted by atomic mass is 19.4. The number of anilines is 1. The van der Waals surface area contributed by atoms with Crippen LogP contribution in [0.15, 0.2) is 24.3 Å². The first-order valence-corrected chi connectivity index (χ1v) is 6.15. The average molecular weight is 258 g/mol. The van der Waals surface area contributed by atoms with Crippen LogP contribution in [0.25, 0.3) is 0 Å². The van der Waals surface area contributed by atoms with Crippen molar-refractivity contribution in [2.75, 3.05) is 11.4 Å². The van der Waals surface area contributed by atoms with Gasteiger partial charge in [0.25, 0.3) is 0 Å². The third kappa shape index (κ3) is 2.77. The summed E-state index contributed by atoms with van der Waals surface area (Å²) in [5.41, 5.74) is 7.01. The number of piperidine rings is 1. The third-order valence-corrected chi connectivity index (χ3v) is 3.36. The molecule has 5 heteroatoms. The Hall–Kier alpha value is -1.23. The van der Waals surface area contributed by atoms with Gasteiger partial charge in [-0.15, -0.1) is 0 Å². The second-order valence-corrected chi connectivity index (χ2v) is 4.62. The summed E-state index contributed by atoms with van der Waals surface area (Å²) in [6, 6.07) is 5.71. The standard InChI is InChI=1S/C13H17F3N2/c14-13(15,16)12-6-1-2-7-18(12)11-5-3-4-10(8-11)9-17/h3-5,8,12H,1-2,6-7,9,17H2. The lowest BCUT2D eigenvalue weighted by Gasteiger charge is -2.38. The molecule has 18 heavy (non-hydrogen) atoms. The molecular weight excluding hydrogens is 241 g/mol. The fourth-order valence-electron chi connectivity index (χ4n) is 2.44. The zero-order chi connectivity index (χ0) is 13.2. The smallest absolute Gasteiger partial charge is 0.360 e. The van der Waals surface area contributed by atoms with Gasteiger partial charge in [-0.1, -0.05) is 12.1 Å². The van der Waals surface area contributed by atoms with E-state index in [9.17, 15) is 13.2 Å². The Morgan fingerprint density at radius 1 is 1.28 bits per heavy atom. The molecule has 0 bridgehead atoms. The van der Waals surface area contributed by atoms with Crippen LogP contribution in [0, 0.1) is 0 Å². The molecule has 0 aromatic heterocycles. The number of hydrogen-bond acceptors (Lipinski definition) is 2. The Labute approximate surface area is 105 Å². The summed E-state index contributed by atoms with van der Waals surface area (Å²) >= 11 is 0. The number of hydrogen-bond donors (Lipinski definition) is 1. The first-order chi connectivity index (χ1) is 8.52. The SMILES string of the molecule is NCc1cccc(N2CCCCC2C(F)(F)F)c1. The van der Waals surface area contributed by atoms with Crippen molar-refractivity contribution >= 4 is 5.69 Å². The van der Waals surface area contributed by atoms with Crippen LogP contribution in [-0.4, -0.2) is 18.8 Å². The van der Waals surface area contributed by atoms with Crippen LogP contribution >= 0.6 is 0 Å². The van der Waals surface area contributed by atoms with Gasteiger partial charge in [0.2, 0.25) is 0 Å². The van der Waals surface area contributed by atoms with Crippen LogP contribution in [0.2, 0.25) is 0 Å². The second-order valence-electron chi connectivity index (χ2n) is 4.62. The minimum Gasteiger partial charge on any atom is -0.360 e. The molecule has 1 heterocycles. The van der Waals surface area contributed by atoms with Crippen LogP contribution in [0.5, 0.6) is 0 Å². The number of nitrogens with two attached hydrogens (primary N) is 1. The number of benzene rings is 1. The van der Waals surface area contributed by atoms with Crippen LogP contribution in [0.4, 0.5) is 18.9 Å². The molecule has 2 rings (SSSR count). The molecule has 1 aliphatic rings. The van der Waals surface area contributed by atoms with Crippen molar-refractivity contribution in [2.24, 2.45) is 5.73 Å². The Morgan fingerprint density at radius 2 is 2.06 bits per heavy atom. The van der Waals surface area contributed by atoms with Crippen molar-refractivity contribution in [1.82, 2.24) is 0 Å². The molecule has 1 aromatic carbocycles. The lowest BCUT2D eigenvalue weighted by molar-refractivity contribution is -0.152. The highest BCUT2D eigenvalue weighted by Crippen LogP contribution is 2.35. The van der Waals surface area contributed by atoms with E-state index in [1.807, 2.05) is 6.07 Å². The maximum atomic E-state index is 13.0. The van der Waals surface area contributed by atoms with Gasteiger partial charge in [0.15, 0.2) is 0 Å². The van der Waals surface area contributed by atoms with Crippen LogP contribution in [0.1, 0.15) is 24.8 Å². The molecule has 1 atom stereocenters. The van der Waals surface area contributed by atoms with Crippen LogP contribution < -0.4 is 10.6 Å². The van der Waals surface area contributed by atoms with Crippen molar-refractivity contribution in [3.8, 4) is 0 Å².